The number of imidazole rings is 1. The summed E-state index contributed by atoms with van der Waals surface area (Å²) in [6.45, 7) is 0.0455. The van der Waals surface area contributed by atoms with Crippen molar-refractivity contribution in [2.45, 2.75) is 12.5 Å². The first kappa shape index (κ1) is 13.8. The van der Waals surface area contributed by atoms with Gasteiger partial charge in [0.05, 0.1) is 0 Å². The van der Waals surface area contributed by atoms with Crippen LogP contribution in [0.5, 0.6) is 0 Å². The molecule has 8 heteroatoms. The highest BCUT2D eigenvalue weighted by molar-refractivity contribution is 7.98. The number of hydrogen-bond donors (Lipinski definition) is 2. The zero-order chi connectivity index (χ0) is 12.8. The highest BCUT2D eigenvalue weighted by Gasteiger charge is 2.22. The van der Waals surface area contributed by atoms with Crippen molar-refractivity contribution in [1.82, 2.24) is 9.55 Å². The van der Waals surface area contributed by atoms with E-state index in [9.17, 15) is 10.1 Å². The molecule has 0 bridgehead atoms. The van der Waals surface area contributed by atoms with E-state index < -0.39 is 4.92 Å². The summed E-state index contributed by atoms with van der Waals surface area (Å²) in [4.78, 5) is 14.0. The number of hydrogen-bond acceptors (Lipinski definition) is 6. The number of nitro groups is 1. The molecule has 0 saturated carbocycles. The van der Waals surface area contributed by atoms with Gasteiger partial charge in [0.25, 0.3) is 0 Å². The van der Waals surface area contributed by atoms with Gasteiger partial charge in [-0.05, 0) is 22.6 Å². The zero-order valence-electron chi connectivity index (χ0n) is 9.79. The number of nitrogens with zero attached hydrogens (tertiary/aromatic N) is 3. The minimum Gasteiger partial charge on any atom is -0.396 e. The molecular weight excluding hydrogens is 244 g/mol. The predicted molar refractivity (Wildman–Crippen MR) is 67.4 cm³/mol. The summed E-state index contributed by atoms with van der Waals surface area (Å²) in [5.41, 5.74) is 0. The van der Waals surface area contributed by atoms with Gasteiger partial charge in [-0.2, -0.15) is 11.8 Å². The molecule has 1 aromatic heterocycles. The van der Waals surface area contributed by atoms with E-state index in [-0.39, 0.29) is 18.5 Å². The van der Waals surface area contributed by atoms with Gasteiger partial charge >= 0.3 is 5.82 Å². The van der Waals surface area contributed by atoms with Crippen LogP contribution in [0.4, 0.5) is 11.6 Å². The van der Waals surface area contributed by atoms with Crippen LogP contribution >= 0.6 is 11.8 Å². The van der Waals surface area contributed by atoms with Crippen LogP contribution in [0.15, 0.2) is 6.33 Å². The van der Waals surface area contributed by atoms with E-state index in [0.717, 1.165) is 5.75 Å². The Balaban J connectivity index is 2.83. The number of thioether (sulfide) groups is 1. The number of anilines is 1. The van der Waals surface area contributed by atoms with E-state index in [1.54, 1.807) is 23.4 Å². The maximum Gasteiger partial charge on any atom is 0.406 e. The quantitative estimate of drug-likeness (QED) is 0.558. The summed E-state index contributed by atoms with van der Waals surface area (Å²) < 4.78 is 1.57. The van der Waals surface area contributed by atoms with Crippen LogP contribution in [0, 0.1) is 10.1 Å². The standard InChI is InChI=1S/C9H16N4O3S/c1-12-6-10-8(13(15)16)9(12)11-7(3-4-14)5-17-2/h6-7,11,14H,3-5H2,1-2H3/t7-/m0/s1. The molecule has 0 amide bonds. The average Bonchev–Trinajstić information content (AvgIpc) is 2.61. The molecule has 7 nitrogen and oxygen atoms in total. The molecule has 0 spiro atoms. The number of aromatic nitrogens is 2. The van der Waals surface area contributed by atoms with Crippen molar-refractivity contribution < 1.29 is 10.0 Å². The summed E-state index contributed by atoms with van der Waals surface area (Å²) in [5.74, 6) is 0.960. The third-order valence-corrected chi connectivity index (χ3v) is 3.01. The van der Waals surface area contributed by atoms with Gasteiger partial charge in [0.15, 0.2) is 0 Å². The van der Waals surface area contributed by atoms with Gasteiger partial charge in [-0.15, -0.1) is 0 Å². The third kappa shape index (κ3) is 3.60. The van der Waals surface area contributed by atoms with E-state index in [4.69, 9.17) is 5.11 Å². The molecule has 17 heavy (non-hydrogen) atoms. The van der Waals surface area contributed by atoms with Gasteiger partial charge < -0.3 is 20.5 Å². The highest BCUT2D eigenvalue weighted by Crippen LogP contribution is 2.23. The van der Waals surface area contributed by atoms with Crippen LogP contribution in [0.25, 0.3) is 0 Å². The molecule has 1 aromatic rings. The molecule has 0 aliphatic heterocycles. The van der Waals surface area contributed by atoms with Gasteiger partial charge in [0.2, 0.25) is 12.1 Å². The number of aliphatic hydroxyl groups excluding tert-OH is 1. The third-order valence-electron chi connectivity index (χ3n) is 2.28. The Labute approximate surface area is 103 Å². The molecule has 0 unspecified atom stereocenters. The lowest BCUT2D eigenvalue weighted by atomic mass is 10.2. The zero-order valence-corrected chi connectivity index (χ0v) is 10.6. The number of aliphatic hydroxyl groups is 1. The smallest absolute Gasteiger partial charge is 0.396 e. The predicted octanol–water partition coefficient (Wildman–Crippen LogP) is 0.854. The molecule has 0 saturated heterocycles. The second-order valence-corrected chi connectivity index (χ2v) is 4.50. The lowest BCUT2D eigenvalue weighted by Crippen LogP contribution is -2.25. The minimum atomic E-state index is -0.516. The van der Waals surface area contributed by atoms with Crippen molar-refractivity contribution in [1.29, 1.82) is 0 Å². The van der Waals surface area contributed by atoms with Gasteiger partial charge in [-0.25, -0.2) is 0 Å². The maximum atomic E-state index is 10.8. The first-order chi connectivity index (χ1) is 8.10. The molecular formula is C9H16N4O3S. The van der Waals surface area contributed by atoms with Gasteiger partial charge in [0.1, 0.15) is 0 Å². The Kier molecular flexibility index (Phi) is 5.23. The van der Waals surface area contributed by atoms with Crippen molar-refractivity contribution in [3.63, 3.8) is 0 Å². The minimum absolute atomic E-state index is 0.0101. The molecule has 2 N–H and O–H groups in total. The second kappa shape index (κ2) is 6.45. The van der Waals surface area contributed by atoms with Crippen LogP contribution in [-0.2, 0) is 7.05 Å². The van der Waals surface area contributed by atoms with Crippen molar-refractivity contribution >= 4 is 23.4 Å². The van der Waals surface area contributed by atoms with Crippen LogP contribution in [-0.4, -0.2) is 44.2 Å². The molecule has 1 rings (SSSR count). The molecule has 0 aliphatic rings. The van der Waals surface area contributed by atoms with Crippen molar-refractivity contribution in [3.8, 4) is 0 Å². The largest absolute Gasteiger partial charge is 0.406 e. The highest BCUT2D eigenvalue weighted by atomic mass is 32.2. The average molecular weight is 260 g/mol. The topological polar surface area (TPSA) is 93.2 Å². The Morgan fingerprint density at radius 1 is 1.76 bits per heavy atom. The summed E-state index contributed by atoms with van der Waals surface area (Å²) >= 11 is 1.62. The maximum absolute atomic E-state index is 10.8. The Hall–Kier alpha value is -1.28. The molecule has 0 radical (unpaired) electrons. The molecule has 0 fully saturated rings. The van der Waals surface area contributed by atoms with Crippen LogP contribution in [0.2, 0.25) is 0 Å². The fourth-order valence-electron chi connectivity index (χ4n) is 1.47. The van der Waals surface area contributed by atoms with E-state index in [1.807, 2.05) is 6.26 Å². The van der Waals surface area contributed by atoms with Crippen molar-refractivity contribution in [3.05, 3.63) is 16.4 Å². The first-order valence-corrected chi connectivity index (χ1v) is 6.51. The molecule has 1 heterocycles. The summed E-state index contributed by atoms with van der Waals surface area (Å²) in [6.07, 6.45) is 3.89. The molecule has 96 valence electrons. The number of nitrogens with one attached hydrogen (secondary N) is 1. The van der Waals surface area contributed by atoms with E-state index in [1.165, 1.54) is 6.33 Å². The Morgan fingerprint density at radius 2 is 2.47 bits per heavy atom. The summed E-state index contributed by atoms with van der Waals surface area (Å²) in [5, 5.41) is 22.8. The van der Waals surface area contributed by atoms with Gasteiger partial charge in [-0.3, -0.25) is 4.57 Å². The molecule has 0 aromatic carbocycles. The Morgan fingerprint density at radius 3 is 3.00 bits per heavy atom. The van der Waals surface area contributed by atoms with Gasteiger partial charge in [-0.1, -0.05) is 0 Å². The van der Waals surface area contributed by atoms with Crippen molar-refractivity contribution in [2.75, 3.05) is 23.9 Å². The van der Waals surface area contributed by atoms with Crippen LogP contribution in [0.1, 0.15) is 6.42 Å². The Bertz CT molecular complexity index is 376. The normalized spacial score (nSPS) is 12.4. The molecule has 0 aliphatic carbocycles. The first-order valence-electron chi connectivity index (χ1n) is 5.12. The SMILES string of the molecule is CSC[C@H](CCO)Nc1c([N+](=O)[O-])ncn1C. The van der Waals surface area contributed by atoms with E-state index in [2.05, 4.69) is 10.3 Å². The van der Waals surface area contributed by atoms with Crippen molar-refractivity contribution in [2.24, 2.45) is 7.05 Å². The lowest BCUT2D eigenvalue weighted by molar-refractivity contribution is -0.388. The van der Waals surface area contributed by atoms with Gasteiger partial charge in [0, 0.05) is 25.4 Å². The molecule has 1 atom stereocenters. The number of rotatable bonds is 7. The fourth-order valence-corrected chi connectivity index (χ4v) is 2.12. The van der Waals surface area contributed by atoms with Crippen LogP contribution in [0.3, 0.4) is 0 Å². The second-order valence-electron chi connectivity index (χ2n) is 3.59. The van der Waals surface area contributed by atoms with E-state index >= 15 is 0 Å². The number of aryl methyl sites for hydroxylation is 1. The monoisotopic (exact) mass is 260 g/mol. The lowest BCUT2D eigenvalue weighted by Gasteiger charge is -2.17. The van der Waals surface area contributed by atoms with Crippen LogP contribution < -0.4 is 5.32 Å². The van der Waals surface area contributed by atoms with E-state index in [0.29, 0.717) is 12.2 Å². The fraction of sp³-hybridized carbons (Fsp3) is 0.667. The summed E-state index contributed by atoms with van der Waals surface area (Å²) in [6, 6.07) is -0.0101. The summed E-state index contributed by atoms with van der Waals surface area (Å²) in [7, 11) is 1.69.